The summed E-state index contributed by atoms with van der Waals surface area (Å²) in [6.45, 7) is 2.62. The molecule has 3 aliphatic heterocycles. The summed E-state index contributed by atoms with van der Waals surface area (Å²) < 4.78 is 43.9. The van der Waals surface area contributed by atoms with Crippen molar-refractivity contribution in [2.45, 2.75) is 18.1 Å². The van der Waals surface area contributed by atoms with Gasteiger partial charge in [0.2, 0.25) is 0 Å². The Balaban J connectivity index is 0.000000157. The number of ether oxygens (including phenoxy) is 6. The van der Waals surface area contributed by atoms with Gasteiger partial charge in [-0.15, -0.1) is 0 Å². The molecule has 3 atom stereocenters. The minimum absolute atomic E-state index is 0.0133. The van der Waals surface area contributed by atoms with Crippen LogP contribution in [0.4, 0.5) is 4.39 Å². The molecule has 0 bridgehead atoms. The predicted molar refractivity (Wildman–Crippen MR) is 175 cm³/mol. The largest absolute Gasteiger partial charge is 0.491 e. The Bertz CT molecular complexity index is 1440. The highest BCUT2D eigenvalue weighted by atomic mass is 35.5. The van der Waals surface area contributed by atoms with Crippen LogP contribution >= 0.6 is 34.8 Å². The zero-order valence-electron chi connectivity index (χ0n) is 24.4. The fourth-order valence-electron chi connectivity index (χ4n) is 3.77. The monoisotopic (exact) mass is 696 g/mol. The van der Waals surface area contributed by atoms with Gasteiger partial charge in [0.1, 0.15) is 80.8 Å². The maximum atomic E-state index is 12.6. The predicted octanol–water partition coefficient (Wildman–Crippen LogP) is 4.44. The molecule has 0 spiro atoms. The molecule has 6 rings (SSSR count). The first-order valence-electron chi connectivity index (χ1n) is 13.9. The Morgan fingerprint density at radius 3 is 1.37 bits per heavy atom. The Kier molecular flexibility index (Phi) is 13.1. The van der Waals surface area contributed by atoms with Gasteiger partial charge in [-0.3, -0.25) is 0 Å². The first kappa shape index (κ1) is 34.5. The number of hydrogen-bond acceptors (Lipinski definition) is 12. The van der Waals surface area contributed by atoms with Gasteiger partial charge in [0, 0.05) is 11.1 Å². The molecule has 12 nitrogen and oxygen atoms in total. The Hall–Kier alpha value is -4.33. The van der Waals surface area contributed by atoms with Crippen LogP contribution in [0.1, 0.15) is 0 Å². The van der Waals surface area contributed by atoms with Crippen molar-refractivity contribution >= 4 is 52.9 Å². The summed E-state index contributed by atoms with van der Waals surface area (Å²) in [5.41, 5.74) is 16.1. The molecule has 0 unspecified atom stereocenters. The van der Waals surface area contributed by atoms with E-state index in [4.69, 9.17) is 80.4 Å². The molecule has 0 aromatic heterocycles. The number of benzene rings is 3. The minimum Gasteiger partial charge on any atom is -0.491 e. The smallest absolute Gasteiger partial charge is 0.282 e. The molecule has 246 valence electrons. The van der Waals surface area contributed by atoms with Gasteiger partial charge >= 0.3 is 0 Å². The van der Waals surface area contributed by atoms with Crippen LogP contribution in [-0.4, -0.2) is 75.8 Å². The van der Waals surface area contributed by atoms with Gasteiger partial charge in [0.25, 0.3) is 18.1 Å². The third-order valence-corrected chi connectivity index (χ3v) is 7.04. The molecular weight excluding hydrogens is 666 g/mol. The van der Waals surface area contributed by atoms with E-state index in [-0.39, 0.29) is 42.0 Å². The molecule has 3 aromatic rings. The molecule has 0 aliphatic carbocycles. The van der Waals surface area contributed by atoms with E-state index in [0.29, 0.717) is 66.2 Å². The number of amidine groups is 3. The van der Waals surface area contributed by atoms with E-state index in [9.17, 15) is 4.39 Å². The summed E-state index contributed by atoms with van der Waals surface area (Å²) in [7, 11) is 0. The maximum Gasteiger partial charge on any atom is 0.282 e. The minimum atomic E-state index is -0.284. The van der Waals surface area contributed by atoms with Crippen molar-refractivity contribution in [3.05, 3.63) is 87.6 Å². The SMILES string of the molecule is NC1=N[C@@H](COc2ccc(Cl)c(Cl)c2)CO1.NC1=N[C@@H](COc2ccc(Cl)cc2)CO1.NC1=N[C@@H](COc2ccc(F)cc2)CO1. The molecular formula is C30H32Cl3FN6O6. The van der Waals surface area contributed by atoms with Crippen molar-refractivity contribution in [2.24, 2.45) is 32.2 Å². The lowest BCUT2D eigenvalue weighted by Gasteiger charge is -2.09. The molecule has 6 N–H and O–H groups in total. The zero-order valence-corrected chi connectivity index (χ0v) is 26.6. The highest BCUT2D eigenvalue weighted by Gasteiger charge is 2.19. The van der Waals surface area contributed by atoms with Crippen LogP contribution in [0.3, 0.4) is 0 Å². The van der Waals surface area contributed by atoms with Crippen molar-refractivity contribution in [3.63, 3.8) is 0 Å². The highest BCUT2D eigenvalue weighted by Crippen LogP contribution is 2.26. The number of rotatable bonds is 9. The van der Waals surface area contributed by atoms with Gasteiger partial charge < -0.3 is 45.6 Å². The van der Waals surface area contributed by atoms with Gasteiger partial charge in [0.15, 0.2) is 0 Å². The van der Waals surface area contributed by atoms with Gasteiger partial charge in [-0.2, -0.15) is 0 Å². The molecule has 0 saturated heterocycles. The molecule has 0 saturated carbocycles. The fourth-order valence-corrected chi connectivity index (χ4v) is 4.18. The van der Waals surface area contributed by atoms with Gasteiger partial charge in [-0.25, -0.2) is 19.4 Å². The number of aliphatic imine (C=N–C) groups is 3. The summed E-state index contributed by atoms with van der Waals surface area (Å²) in [4.78, 5) is 12.1. The van der Waals surface area contributed by atoms with E-state index in [0.717, 1.165) is 5.75 Å². The van der Waals surface area contributed by atoms with Crippen molar-refractivity contribution in [3.8, 4) is 17.2 Å². The molecule has 46 heavy (non-hydrogen) atoms. The molecule has 3 aromatic carbocycles. The second-order valence-electron chi connectivity index (χ2n) is 9.71. The van der Waals surface area contributed by atoms with Gasteiger partial charge in [-0.05, 0) is 60.7 Å². The standard InChI is InChI=1S/C10H10Cl2N2O2.C10H11ClN2O2.C10H11FN2O2/c11-8-2-1-7(3-9(8)12)15-4-6-5-16-10(13)14-6;2*11-7-1-3-9(4-2-7)14-5-8-6-15-10(12)13-8/h1-3,6H,4-5H2,(H2,13,14);2*1-4,8H,5-6H2,(H2,12,13)/t6-;2*8-/m000/s1. The van der Waals surface area contributed by atoms with Gasteiger partial charge in [0.05, 0.1) is 10.0 Å². The van der Waals surface area contributed by atoms with Crippen LogP contribution in [0.5, 0.6) is 17.2 Å². The van der Waals surface area contributed by atoms with E-state index in [1.54, 1.807) is 42.5 Å². The maximum absolute atomic E-state index is 12.6. The zero-order chi connectivity index (χ0) is 32.9. The number of nitrogens with zero attached hydrogens (tertiary/aromatic N) is 3. The Morgan fingerprint density at radius 2 is 0.978 bits per heavy atom. The molecule has 0 fully saturated rings. The lowest BCUT2D eigenvalue weighted by atomic mass is 10.3. The van der Waals surface area contributed by atoms with Crippen LogP contribution in [0.2, 0.25) is 15.1 Å². The average Bonchev–Trinajstić information content (AvgIpc) is 3.79. The second-order valence-corrected chi connectivity index (χ2v) is 11.0. The van der Waals surface area contributed by atoms with E-state index >= 15 is 0 Å². The Labute approximate surface area is 279 Å². The van der Waals surface area contributed by atoms with Crippen molar-refractivity contribution in [1.29, 1.82) is 0 Å². The van der Waals surface area contributed by atoms with E-state index in [2.05, 4.69) is 15.0 Å². The number of nitrogens with two attached hydrogens (primary N) is 3. The molecule has 16 heteroatoms. The average molecular weight is 698 g/mol. The van der Waals surface area contributed by atoms with Crippen molar-refractivity contribution in [2.75, 3.05) is 39.6 Å². The molecule has 3 heterocycles. The van der Waals surface area contributed by atoms with Crippen LogP contribution in [0.15, 0.2) is 81.7 Å². The van der Waals surface area contributed by atoms with Crippen LogP contribution in [-0.2, 0) is 14.2 Å². The topological polar surface area (TPSA) is 171 Å². The summed E-state index contributed by atoms with van der Waals surface area (Å²) in [6, 6.07) is 18.6. The lowest BCUT2D eigenvalue weighted by molar-refractivity contribution is 0.241. The molecule has 0 radical (unpaired) electrons. The fraction of sp³-hybridized carbons (Fsp3) is 0.300. The van der Waals surface area contributed by atoms with Gasteiger partial charge in [-0.1, -0.05) is 34.8 Å². The molecule has 0 amide bonds. The van der Waals surface area contributed by atoms with E-state index in [1.807, 2.05) is 12.1 Å². The summed E-state index contributed by atoms with van der Waals surface area (Å²) in [5.74, 6) is 1.74. The van der Waals surface area contributed by atoms with Crippen LogP contribution in [0, 0.1) is 5.82 Å². The summed E-state index contributed by atoms with van der Waals surface area (Å²) in [5, 5.41) is 1.65. The lowest BCUT2D eigenvalue weighted by Crippen LogP contribution is -2.17. The number of halogens is 4. The first-order valence-corrected chi connectivity index (χ1v) is 15.0. The van der Waals surface area contributed by atoms with E-state index in [1.165, 1.54) is 12.1 Å². The number of hydrogen-bond donors (Lipinski definition) is 3. The quantitative estimate of drug-likeness (QED) is 0.293. The molecule has 3 aliphatic rings. The first-order chi connectivity index (χ1) is 22.1. The third-order valence-electron chi connectivity index (χ3n) is 6.05. The third kappa shape index (κ3) is 11.9. The highest BCUT2D eigenvalue weighted by molar-refractivity contribution is 6.42. The van der Waals surface area contributed by atoms with Crippen molar-refractivity contribution < 1.29 is 32.8 Å². The second kappa shape index (κ2) is 17.4. The van der Waals surface area contributed by atoms with E-state index < -0.39 is 0 Å². The van der Waals surface area contributed by atoms with Crippen LogP contribution in [0.25, 0.3) is 0 Å². The summed E-state index contributed by atoms with van der Waals surface area (Å²) >= 11 is 17.4. The normalized spacial score (nSPS) is 19.4. The Morgan fingerprint density at radius 1 is 0.587 bits per heavy atom. The van der Waals surface area contributed by atoms with Crippen LogP contribution < -0.4 is 31.4 Å². The van der Waals surface area contributed by atoms with Crippen molar-refractivity contribution in [1.82, 2.24) is 0 Å². The summed E-state index contributed by atoms with van der Waals surface area (Å²) in [6.07, 6.45) is 0.